The number of ether oxygens (including phenoxy) is 2. The first-order valence-electron chi connectivity index (χ1n) is 7.35. The van der Waals surface area contributed by atoms with E-state index >= 15 is 0 Å². The molecule has 24 heavy (non-hydrogen) atoms. The van der Waals surface area contributed by atoms with Gasteiger partial charge in [-0.15, -0.1) is 0 Å². The molecule has 134 valence electrons. The summed E-state index contributed by atoms with van der Waals surface area (Å²) in [6.45, 7) is 0.392. The second-order valence-corrected chi connectivity index (χ2v) is 6.61. The second-order valence-electron chi connectivity index (χ2n) is 5.05. The van der Waals surface area contributed by atoms with Crippen LogP contribution in [-0.2, 0) is 19.6 Å². The summed E-state index contributed by atoms with van der Waals surface area (Å²) in [5.41, 5.74) is 0.0959. The molecule has 0 aromatic heterocycles. The average Bonchev–Trinajstić information content (AvgIpc) is 2.55. The summed E-state index contributed by atoms with van der Waals surface area (Å²) in [5, 5.41) is 7.75. The molecule has 0 fully saturated rings. The van der Waals surface area contributed by atoms with Crippen molar-refractivity contribution in [2.24, 2.45) is 5.14 Å². The Morgan fingerprint density at radius 1 is 1.17 bits per heavy atom. The number of amides is 1. The number of carbonyl (C=O) groups excluding carboxylic acids is 2. The predicted octanol–water partition coefficient (Wildman–Crippen LogP) is 0.806. The zero-order chi connectivity index (χ0) is 18.2. The maximum absolute atomic E-state index is 12.2. The number of hydrogen-bond acceptors (Lipinski definition) is 6. The van der Waals surface area contributed by atoms with Crippen molar-refractivity contribution in [3.8, 4) is 5.75 Å². The highest BCUT2D eigenvalue weighted by Gasteiger charge is 2.17. The van der Waals surface area contributed by atoms with Crippen molar-refractivity contribution in [2.75, 3.05) is 20.8 Å². The molecular weight excluding hydrogens is 336 g/mol. The molecule has 0 saturated carbocycles. The average molecular weight is 358 g/mol. The molecule has 8 nitrogen and oxygen atoms in total. The number of nitrogens with one attached hydrogen (secondary N) is 1. The van der Waals surface area contributed by atoms with Crippen LogP contribution in [0.1, 0.15) is 36.0 Å². The molecule has 9 heteroatoms. The monoisotopic (exact) mass is 358 g/mol. The van der Waals surface area contributed by atoms with E-state index in [2.05, 4.69) is 10.1 Å². The van der Waals surface area contributed by atoms with Crippen LogP contribution < -0.4 is 15.2 Å². The van der Waals surface area contributed by atoms with Gasteiger partial charge < -0.3 is 14.8 Å². The van der Waals surface area contributed by atoms with E-state index in [1.54, 1.807) is 0 Å². The standard InChI is InChI=1S/C15H22N2O6S/c1-22-13-8-7-11(24(16,20)21)10-12(13)15(19)17-9-5-3-4-6-14(18)23-2/h7-8,10H,3-6,9H2,1-2H3,(H,17,19)(H2,16,20,21). The number of rotatable bonds is 9. The molecule has 1 amide bonds. The number of unbranched alkanes of at least 4 members (excludes halogenated alkanes) is 2. The zero-order valence-electron chi connectivity index (χ0n) is 13.7. The van der Waals surface area contributed by atoms with E-state index in [0.29, 0.717) is 25.8 Å². The third-order valence-corrected chi connectivity index (χ3v) is 4.23. The first-order chi connectivity index (χ1) is 11.3. The fraction of sp³-hybridized carbons (Fsp3) is 0.467. The lowest BCUT2D eigenvalue weighted by Crippen LogP contribution is -2.25. The Balaban J connectivity index is 2.59. The van der Waals surface area contributed by atoms with Gasteiger partial charge in [0.25, 0.3) is 5.91 Å². The smallest absolute Gasteiger partial charge is 0.305 e. The van der Waals surface area contributed by atoms with Crippen molar-refractivity contribution in [3.63, 3.8) is 0 Å². The van der Waals surface area contributed by atoms with Gasteiger partial charge >= 0.3 is 5.97 Å². The largest absolute Gasteiger partial charge is 0.496 e. The highest BCUT2D eigenvalue weighted by atomic mass is 32.2. The highest BCUT2D eigenvalue weighted by Crippen LogP contribution is 2.21. The zero-order valence-corrected chi connectivity index (χ0v) is 14.5. The Morgan fingerprint density at radius 3 is 2.46 bits per heavy atom. The van der Waals surface area contributed by atoms with Gasteiger partial charge in [0.05, 0.1) is 24.7 Å². The molecular formula is C15H22N2O6S. The summed E-state index contributed by atoms with van der Waals surface area (Å²) in [6, 6.07) is 3.84. The van der Waals surface area contributed by atoms with Crippen LogP contribution >= 0.6 is 0 Å². The van der Waals surface area contributed by atoms with Crippen molar-refractivity contribution in [3.05, 3.63) is 23.8 Å². The van der Waals surface area contributed by atoms with Crippen LogP contribution in [0.5, 0.6) is 5.75 Å². The van der Waals surface area contributed by atoms with Crippen molar-refractivity contribution in [1.29, 1.82) is 0 Å². The van der Waals surface area contributed by atoms with Crippen molar-refractivity contribution in [2.45, 2.75) is 30.6 Å². The minimum Gasteiger partial charge on any atom is -0.496 e. The molecule has 0 aliphatic carbocycles. The summed E-state index contributed by atoms with van der Waals surface area (Å²) in [4.78, 5) is 23.0. The van der Waals surface area contributed by atoms with Crippen molar-refractivity contribution in [1.82, 2.24) is 5.32 Å². The number of nitrogens with two attached hydrogens (primary N) is 1. The molecule has 1 rings (SSSR count). The fourth-order valence-electron chi connectivity index (χ4n) is 2.01. The molecule has 0 unspecified atom stereocenters. The van der Waals surface area contributed by atoms with Crippen LogP contribution in [0.15, 0.2) is 23.1 Å². The third-order valence-electron chi connectivity index (χ3n) is 3.32. The minimum atomic E-state index is -3.91. The van der Waals surface area contributed by atoms with Crippen LogP contribution in [0, 0.1) is 0 Å². The lowest BCUT2D eigenvalue weighted by atomic mass is 10.1. The topological polar surface area (TPSA) is 125 Å². The Kier molecular flexibility index (Phi) is 7.66. The summed E-state index contributed by atoms with van der Waals surface area (Å²) < 4.78 is 32.4. The number of sulfonamides is 1. The van der Waals surface area contributed by atoms with Gasteiger partial charge in [-0.3, -0.25) is 9.59 Å². The lowest BCUT2D eigenvalue weighted by molar-refractivity contribution is -0.140. The molecule has 0 saturated heterocycles. The van der Waals surface area contributed by atoms with Crippen LogP contribution in [-0.4, -0.2) is 41.1 Å². The number of methoxy groups -OCH3 is 2. The van der Waals surface area contributed by atoms with E-state index < -0.39 is 15.9 Å². The Hall–Kier alpha value is -2.13. The molecule has 0 atom stereocenters. The Bertz CT molecular complexity index is 687. The van der Waals surface area contributed by atoms with Crippen LogP contribution in [0.25, 0.3) is 0 Å². The van der Waals surface area contributed by atoms with E-state index in [1.165, 1.54) is 32.4 Å². The van der Waals surface area contributed by atoms with Gasteiger partial charge in [-0.2, -0.15) is 0 Å². The van der Waals surface area contributed by atoms with Gasteiger partial charge in [0, 0.05) is 13.0 Å². The predicted molar refractivity (Wildman–Crippen MR) is 87.2 cm³/mol. The van der Waals surface area contributed by atoms with Gasteiger partial charge in [0.15, 0.2) is 0 Å². The molecule has 3 N–H and O–H groups in total. The van der Waals surface area contributed by atoms with E-state index in [9.17, 15) is 18.0 Å². The first-order valence-corrected chi connectivity index (χ1v) is 8.90. The lowest BCUT2D eigenvalue weighted by Gasteiger charge is -2.10. The summed E-state index contributed by atoms with van der Waals surface area (Å²) in [5.74, 6) is -0.459. The molecule has 1 aromatic carbocycles. The number of hydrogen-bond donors (Lipinski definition) is 2. The molecule has 0 radical (unpaired) electrons. The molecule has 0 spiro atoms. The van der Waals surface area contributed by atoms with E-state index in [4.69, 9.17) is 9.88 Å². The van der Waals surface area contributed by atoms with Gasteiger partial charge in [-0.25, -0.2) is 13.6 Å². The Morgan fingerprint density at radius 2 is 1.88 bits per heavy atom. The SMILES string of the molecule is COC(=O)CCCCCNC(=O)c1cc(S(N)(=O)=O)ccc1OC. The number of esters is 1. The van der Waals surface area contributed by atoms with E-state index in [1.807, 2.05) is 0 Å². The number of primary sulfonamides is 1. The summed E-state index contributed by atoms with van der Waals surface area (Å²) in [7, 11) is -1.18. The van der Waals surface area contributed by atoms with Crippen molar-refractivity contribution >= 4 is 21.9 Å². The van der Waals surface area contributed by atoms with Gasteiger partial charge in [-0.05, 0) is 31.0 Å². The van der Waals surface area contributed by atoms with Crippen LogP contribution in [0.2, 0.25) is 0 Å². The maximum atomic E-state index is 12.2. The quantitative estimate of drug-likeness (QED) is 0.497. The first kappa shape index (κ1) is 19.9. The van der Waals surface area contributed by atoms with Gasteiger partial charge in [0.2, 0.25) is 10.0 Å². The normalized spacial score (nSPS) is 11.0. The molecule has 0 aliphatic heterocycles. The van der Waals surface area contributed by atoms with Crippen molar-refractivity contribution < 1.29 is 27.5 Å². The van der Waals surface area contributed by atoms with Crippen LogP contribution in [0.3, 0.4) is 0 Å². The third kappa shape index (κ3) is 6.17. The second kappa shape index (κ2) is 9.24. The summed E-state index contributed by atoms with van der Waals surface area (Å²) >= 11 is 0. The number of benzene rings is 1. The minimum absolute atomic E-state index is 0.0959. The van der Waals surface area contributed by atoms with E-state index in [0.717, 1.165) is 6.42 Å². The highest BCUT2D eigenvalue weighted by molar-refractivity contribution is 7.89. The molecule has 0 bridgehead atoms. The molecule has 0 heterocycles. The maximum Gasteiger partial charge on any atom is 0.305 e. The van der Waals surface area contributed by atoms with Gasteiger partial charge in [-0.1, -0.05) is 6.42 Å². The molecule has 1 aromatic rings. The summed E-state index contributed by atoms with van der Waals surface area (Å²) in [6.07, 6.45) is 2.45. The van der Waals surface area contributed by atoms with Gasteiger partial charge in [0.1, 0.15) is 5.75 Å². The fourth-order valence-corrected chi connectivity index (χ4v) is 2.55. The Labute approximate surface area is 141 Å². The van der Waals surface area contributed by atoms with Crippen LogP contribution in [0.4, 0.5) is 0 Å². The molecule has 0 aliphatic rings. The van der Waals surface area contributed by atoms with E-state index in [-0.39, 0.29) is 22.2 Å². The number of carbonyl (C=O) groups is 2.